The zero-order valence-electron chi connectivity index (χ0n) is 15.4. The molecule has 4 aromatic heterocycles. The predicted octanol–water partition coefficient (Wildman–Crippen LogP) is 1.98. The Kier molecular flexibility index (Phi) is 5.02. The number of methoxy groups -OCH3 is 1. The van der Waals surface area contributed by atoms with Gasteiger partial charge in [-0.2, -0.15) is 0 Å². The Balaban J connectivity index is 1.60. The van der Waals surface area contributed by atoms with Gasteiger partial charge in [0, 0.05) is 14.2 Å². The summed E-state index contributed by atoms with van der Waals surface area (Å²) >= 11 is 0. The molecule has 0 aliphatic carbocycles. The molecule has 142 valence electrons. The molecule has 4 aromatic rings. The highest BCUT2D eigenvalue weighted by Crippen LogP contribution is 2.24. The molecule has 10 heteroatoms. The summed E-state index contributed by atoms with van der Waals surface area (Å²) in [5, 5.41) is 3.19. The Labute approximate surface area is 160 Å². The summed E-state index contributed by atoms with van der Waals surface area (Å²) in [6.07, 6.45) is 8.22. The number of ether oxygens (including phenoxy) is 2. The van der Waals surface area contributed by atoms with Crippen LogP contribution in [-0.2, 0) is 11.8 Å². The lowest BCUT2D eigenvalue weighted by molar-refractivity contribution is 0.141. The molecule has 0 radical (unpaired) electrons. The van der Waals surface area contributed by atoms with Crippen molar-refractivity contribution in [2.45, 2.75) is 0 Å². The molecule has 10 nitrogen and oxygen atoms in total. The van der Waals surface area contributed by atoms with Crippen LogP contribution in [0.15, 0.2) is 43.4 Å². The zero-order chi connectivity index (χ0) is 19.3. The molecule has 0 aliphatic rings. The van der Waals surface area contributed by atoms with Gasteiger partial charge in [-0.3, -0.25) is 0 Å². The van der Waals surface area contributed by atoms with Crippen molar-refractivity contribution in [3.8, 4) is 17.4 Å². The number of pyridine rings is 1. The molecule has 0 saturated carbocycles. The second-order valence-electron chi connectivity index (χ2n) is 5.90. The van der Waals surface area contributed by atoms with Crippen LogP contribution in [0.4, 0.5) is 11.5 Å². The van der Waals surface area contributed by atoms with Gasteiger partial charge in [-0.25, -0.2) is 29.9 Å². The van der Waals surface area contributed by atoms with Crippen molar-refractivity contribution in [2.75, 3.05) is 25.6 Å². The first-order valence-electron chi connectivity index (χ1n) is 8.54. The summed E-state index contributed by atoms with van der Waals surface area (Å²) in [7, 11) is 3.53. The molecule has 0 aliphatic heterocycles. The maximum atomic E-state index is 5.37. The van der Waals surface area contributed by atoms with E-state index in [1.165, 1.54) is 6.33 Å². The highest BCUT2D eigenvalue weighted by Gasteiger charge is 2.10. The molecule has 0 spiro atoms. The van der Waals surface area contributed by atoms with Crippen molar-refractivity contribution >= 4 is 22.5 Å². The fraction of sp³-hybridized carbons (Fsp3) is 0.222. The van der Waals surface area contributed by atoms with E-state index in [4.69, 9.17) is 14.5 Å². The van der Waals surface area contributed by atoms with Gasteiger partial charge in [0.2, 0.25) is 0 Å². The number of rotatable bonds is 7. The van der Waals surface area contributed by atoms with E-state index < -0.39 is 0 Å². The van der Waals surface area contributed by atoms with Crippen molar-refractivity contribution in [1.82, 2.24) is 34.5 Å². The number of aryl methyl sites for hydroxylation is 1. The van der Waals surface area contributed by atoms with Crippen molar-refractivity contribution in [3.05, 3.63) is 43.4 Å². The highest BCUT2D eigenvalue weighted by molar-refractivity contribution is 5.88. The van der Waals surface area contributed by atoms with E-state index in [-0.39, 0.29) is 6.01 Å². The number of fused-ring (bicyclic) bond motifs is 1. The maximum Gasteiger partial charge on any atom is 0.316 e. The fourth-order valence-electron chi connectivity index (χ4n) is 2.59. The molecular formula is C18H18N8O2. The molecule has 4 rings (SSSR count). The first kappa shape index (κ1) is 17.7. The van der Waals surface area contributed by atoms with Crippen LogP contribution in [0.1, 0.15) is 0 Å². The molecule has 0 fully saturated rings. The minimum absolute atomic E-state index is 0.284. The van der Waals surface area contributed by atoms with Crippen molar-refractivity contribution < 1.29 is 9.47 Å². The van der Waals surface area contributed by atoms with E-state index in [2.05, 4.69) is 30.2 Å². The number of aromatic nitrogens is 7. The maximum absolute atomic E-state index is 5.37. The minimum atomic E-state index is 0.284. The second kappa shape index (κ2) is 7.92. The van der Waals surface area contributed by atoms with E-state index in [1.54, 1.807) is 32.0 Å². The van der Waals surface area contributed by atoms with Gasteiger partial charge in [-0.05, 0) is 12.1 Å². The van der Waals surface area contributed by atoms with Gasteiger partial charge in [-0.15, -0.1) is 0 Å². The zero-order valence-corrected chi connectivity index (χ0v) is 15.4. The van der Waals surface area contributed by atoms with Gasteiger partial charge in [0.05, 0.1) is 54.1 Å². The molecule has 0 atom stereocenters. The molecule has 0 bridgehead atoms. The lowest BCUT2D eigenvalue weighted by Crippen LogP contribution is -2.07. The Morgan fingerprint density at radius 1 is 1.04 bits per heavy atom. The molecule has 1 N–H and O–H groups in total. The lowest BCUT2D eigenvalue weighted by atomic mass is 10.2. The number of imidazole rings is 1. The number of hydrogen-bond acceptors (Lipinski definition) is 9. The summed E-state index contributed by atoms with van der Waals surface area (Å²) in [4.78, 5) is 25.8. The molecule has 28 heavy (non-hydrogen) atoms. The van der Waals surface area contributed by atoms with Gasteiger partial charge >= 0.3 is 6.01 Å². The summed E-state index contributed by atoms with van der Waals surface area (Å²) in [5.41, 5.74) is 3.71. The standard InChI is InChI=1S/C18H18N8O2/c1-26-11-19-9-15(26)13-3-4-14-16(25-13)17(23-10-22-14)24-12-7-20-18(21-8-12)28-6-5-27-2/h3-4,7-11H,5-6H2,1-2H3,(H,22,23,24). The van der Waals surface area contributed by atoms with E-state index in [1.807, 2.05) is 23.7 Å². The fourth-order valence-corrected chi connectivity index (χ4v) is 2.59. The van der Waals surface area contributed by atoms with Crippen LogP contribution in [-0.4, -0.2) is 54.8 Å². The van der Waals surface area contributed by atoms with Gasteiger partial charge in [0.25, 0.3) is 0 Å². The van der Waals surface area contributed by atoms with Crippen LogP contribution in [0.25, 0.3) is 22.4 Å². The first-order chi connectivity index (χ1) is 13.7. The van der Waals surface area contributed by atoms with E-state index in [9.17, 15) is 0 Å². The highest BCUT2D eigenvalue weighted by atomic mass is 16.5. The smallest absolute Gasteiger partial charge is 0.316 e. The third-order valence-corrected chi connectivity index (χ3v) is 3.97. The molecule has 0 saturated heterocycles. The summed E-state index contributed by atoms with van der Waals surface area (Å²) < 4.78 is 12.2. The second-order valence-corrected chi connectivity index (χ2v) is 5.90. The summed E-state index contributed by atoms with van der Waals surface area (Å²) in [6, 6.07) is 4.10. The van der Waals surface area contributed by atoms with Crippen LogP contribution >= 0.6 is 0 Å². The quantitative estimate of drug-likeness (QED) is 0.482. The number of nitrogens with zero attached hydrogens (tertiary/aromatic N) is 7. The van der Waals surface area contributed by atoms with Crippen molar-refractivity contribution in [2.24, 2.45) is 7.05 Å². The Morgan fingerprint density at radius 3 is 2.64 bits per heavy atom. The molecule has 0 amide bonds. The Bertz CT molecular complexity index is 1080. The van der Waals surface area contributed by atoms with Crippen LogP contribution < -0.4 is 10.1 Å². The van der Waals surface area contributed by atoms with E-state index >= 15 is 0 Å². The lowest BCUT2D eigenvalue weighted by Gasteiger charge is -2.09. The molecular weight excluding hydrogens is 360 g/mol. The third kappa shape index (κ3) is 3.71. The first-order valence-corrected chi connectivity index (χ1v) is 8.54. The number of nitrogens with one attached hydrogen (secondary N) is 1. The van der Waals surface area contributed by atoms with Gasteiger partial charge < -0.3 is 19.4 Å². The number of anilines is 2. The molecule has 4 heterocycles. The van der Waals surface area contributed by atoms with E-state index in [0.29, 0.717) is 30.2 Å². The van der Waals surface area contributed by atoms with Crippen LogP contribution in [0.5, 0.6) is 6.01 Å². The van der Waals surface area contributed by atoms with Crippen LogP contribution in [0.2, 0.25) is 0 Å². The number of hydrogen-bond donors (Lipinski definition) is 1. The van der Waals surface area contributed by atoms with Crippen LogP contribution in [0, 0.1) is 0 Å². The monoisotopic (exact) mass is 378 g/mol. The van der Waals surface area contributed by atoms with Gasteiger partial charge in [-0.1, -0.05) is 0 Å². The Hall–Kier alpha value is -3.66. The van der Waals surface area contributed by atoms with E-state index in [0.717, 1.165) is 16.9 Å². The topological polar surface area (TPSA) is 113 Å². The van der Waals surface area contributed by atoms with Crippen LogP contribution in [0.3, 0.4) is 0 Å². The van der Waals surface area contributed by atoms with Gasteiger partial charge in [0.1, 0.15) is 18.5 Å². The molecule has 0 unspecified atom stereocenters. The summed E-state index contributed by atoms with van der Waals surface area (Å²) in [6.45, 7) is 0.863. The average Bonchev–Trinajstić information content (AvgIpc) is 3.15. The predicted molar refractivity (Wildman–Crippen MR) is 102 cm³/mol. The Morgan fingerprint density at radius 2 is 1.89 bits per heavy atom. The third-order valence-electron chi connectivity index (χ3n) is 3.97. The minimum Gasteiger partial charge on any atom is -0.461 e. The molecule has 0 aromatic carbocycles. The summed E-state index contributed by atoms with van der Waals surface area (Å²) in [5.74, 6) is 0.561. The normalized spacial score (nSPS) is 10.9. The van der Waals surface area contributed by atoms with Gasteiger partial charge in [0.15, 0.2) is 5.82 Å². The largest absolute Gasteiger partial charge is 0.461 e. The van der Waals surface area contributed by atoms with Crippen molar-refractivity contribution in [1.29, 1.82) is 0 Å². The average molecular weight is 378 g/mol. The SMILES string of the molecule is COCCOc1ncc(Nc2ncnc3ccc(-c4cncn4C)nc23)cn1. The van der Waals surface area contributed by atoms with Crippen molar-refractivity contribution in [3.63, 3.8) is 0 Å².